The summed E-state index contributed by atoms with van der Waals surface area (Å²) in [6, 6.07) is 0. The summed E-state index contributed by atoms with van der Waals surface area (Å²) in [5, 5.41) is 11.1. The van der Waals surface area contributed by atoms with Gasteiger partial charge in [-0.1, -0.05) is 6.92 Å². The van der Waals surface area contributed by atoms with Crippen molar-refractivity contribution in [2.45, 2.75) is 27.3 Å². The Balaban J connectivity index is 3.00. The molecule has 0 bridgehead atoms. The normalized spacial score (nSPS) is 10.7. The van der Waals surface area contributed by atoms with Crippen molar-refractivity contribution in [3.8, 4) is 0 Å². The first-order valence-electron chi connectivity index (χ1n) is 6.29. The lowest BCUT2D eigenvalue weighted by Gasteiger charge is -2.19. The fraction of sp³-hybridized carbons (Fsp3) is 0.538. The molecule has 110 valence electrons. The molecule has 1 aromatic rings. The first kappa shape index (κ1) is 16.0. The molecular weight excluding hydrogens is 262 g/mol. The number of ether oxygens (including phenoxy) is 1. The van der Waals surface area contributed by atoms with Gasteiger partial charge >= 0.3 is 5.97 Å². The highest BCUT2D eigenvalue weighted by Crippen LogP contribution is 2.24. The maximum atomic E-state index is 11.3. The van der Waals surface area contributed by atoms with E-state index in [1.54, 1.807) is 13.8 Å². The molecule has 0 saturated carbocycles. The summed E-state index contributed by atoms with van der Waals surface area (Å²) in [5.41, 5.74) is 1.77. The van der Waals surface area contributed by atoms with Crippen LogP contribution in [0.25, 0.3) is 0 Å². The summed E-state index contributed by atoms with van der Waals surface area (Å²) >= 11 is 0. The maximum Gasteiger partial charge on any atom is 0.319 e. The average molecular weight is 281 g/mol. The maximum absolute atomic E-state index is 11.3. The van der Waals surface area contributed by atoms with E-state index in [9.17, 15) is 14.9 Å². The number of nitrogens with zero attached hydrogens (tertiary/aromatic N) is 3. The van der Waals surface area contributed by atoms with Crippen LogP contribution in [0.4, 0.5) is 5.69 Å². The van der Waals surface area contributed by atoms with Crippen molar-refractivity contribution in [2.24, 2.45) is 0 Å². The van der Waals surface area contributed by atoms with Crippen LogP contribution in [0.3, 0.4) is 0 Å². The number of hydrogen-bond acceptors (Lipinski definition) is 6. The van der Waals surface area contributed by atoms with Gasteiger partial charge in [0.2, 0.25) is 0 Å². The lowest BCUT2D eigenvalue weighted by molar-refractivity contribution is -0.386. The van der Waals surface area contributed by atoms with E-state index in [1.165, 1.54) is 13.3 Å². The molecule has 1 heterocycles. The topological polar surface area (TPSA) is 85.6 Å². The minimum Gasteiger partial charge on any atom is -0.468 e. The number of carbonyl (C=O) groups excluding carboxylic acids is 1. The molecule has 0 saturated heterocycles. The molecule has 1 rings (SSSR count). The Bertz CT molecular complexity index is 517. The Labute approximate surface area is 117 Å². The molecule has 0 aromatic carbocycles. The zero-order chi connectivity index (χ0) is 15.3. The van der Waals surface area contributed by atoms with Crippen molar-refractivity contribution >= 4 is 11.7 Å². The van der Waals surface area contributed by atoms with Crippen LogP contribution in [0.5, 0.6) is 0 Å². The van der Waals surface area contributed by atoms with Gasteiger partial charge in [0.05, 0.1) is 24.3 Å². The quantitative estimate of drug-likeness (QED) is 0.447. The third-order valence-electron chi connectivity index (χ3n) is 3.16. The molecule has 0 aliphatic carbocycles. The van der Waals surface area contributed by atoms with Gasteiger partial charge in [-0.2, -0.15) is 0 Å². The molecule has 7 nitrogen and oxygen atoms in total. The molecule has 0 radical (unpaired) electrons. The average Bonchev–Trinajstić information content (AvgIpc) is 2.40. The van der Waals surface area contributed by atoms with Crippen LogP contribution in [-0.4, -0.2) is 41.0 Å². The molecule has 0 aliphatic rings. The van der Waals surface area contributed by atoms with E-state index in [0.717, 1.165) is 0 Å². The van der Waals surface area contributed by atoms with Crippen molar-refractivity contribution in [3.05, 3.63) is 33.1 Å². The zero-order valence-corrected chi connectivity index (χ0v) is 12.2. The predicted octanol–water partition coefficient (Wildman–Crippen LogP) is 1.60. The van der Waals surface area contributed by atoms with Crippen LogP contribution in [0.2, 0.25) is 0 Å². The molecule has 20 heavy (non-hydrogen) atoms. The Morgan fingerprint density at radius 2 is 2.15 bits per heavy atom. The highest BCUT2D eigenvalue weighted by molar-refractivity contribution is 5.71. The van der Waals surface area contributed by atoms with E-state index >= 15 is 0 Å². The molecule has 0 amide bonds. The molecule has 0 atom stereocenters. The van der Waals surface area contributed by atoms with E-state index in [0.29, 0.717) is 29.9 Å². The van der Waals surface area contributed by atoms with Gasteiger partial charge in [0, 0.05) is 23.9 Å². The van der Waals surface area contributed by atoms with Crippen molar-refractivity contribution in [1.82, 2.24) is 9.88 Å². The number of likely N-dealkylation sites (N-methyl/N-ethyl adjacent to an activating group) is 1. The molecule has 0 fully saturated rings. The van der Waals surface area contributed by atoms with Crippen molar-refractivity contribution < 1.29 is 14.5 Å². The van der Waals surface area contributed by atoms with Gasteiger partial charge in [-0.25, -0.2) is 0 Å². The first-order valence-corrected chi connectivity index (χ1v) is 6.29. The monoisotopic (exact) mass is 281 g/mol. The predicted molar refractivity (Wildman–Crippen MR) is 73.3 cm³/mol. The lowest BCUT2D eigenvalue weighted by Crippen LogP contribution is -2.30. The van der Waals surface area contributed by atoms with Crippen LogP contribution in [0.1, 0.15) is 23.7 Å². The summed E-state index contributed by atoms with van der Waals surface area (Å²) in [5.74, 6) is -0.342. The van der Waals surface area contributed by atoms with Crippen LogP contribution in [0, 0.1) is 24.0 Å². The van der Waals surface area contributed by atoms with E-state index in [1.807, 2.05) is 11.8 Å². The van der Waals surface area contributed by atoms with E-state index in [2.05, 4.69) is 9.72 Å². The summed E-state index contributed by atoms with van der Waals surface area (Å²) in [4.78, 5) is 28.0. The number of esters is 1. The Hall–Kier alpha value is -2.02. The van der Waals surface area contributed by atoms with Gasteiger partial charge < -0.3 is 4.74 Å². The summed E-state index contributed by atoms with van der Waals surface area (Å²) < 4.78 is 4.62. The van der Waals surface area contributed by atoms with Crippen LogP contribution >= 0.6 is 0 Å². The number of aryl methyl sites for hydroxylation is 1. The molecule has 0 spiro atoms. The van der Waals surface area contributed by atoms with Gasteiger partial charge in [-0.15, -0.1) is 0 Å². The molecular formula is C13H19N3O4. The number of pyridine rings is 1. The SMILES string of the molecule is CCN(CC(=O)OC)Cc1ncc(C)c([N+](=O)[O-])c1C. The van der Waals surface area contributed by atoms with Crippen LogP contribution in [0.15, 0.2) is 6.20 Å². The second kappa shape index (κ2) is 6.95. The molecule has 0 aliphatic heterocycles. The molecule has 1 aromatic heterocycles. The van der Waals surface area contributed by atoms with Gasteiger partial charge in [0.1, 0.15) is 0 Å². The number of nitro groups is 1. The van der Waals surface area contributed by atoms with Crippen LogP contribution in [-0.2, 0) is 16.1 Å². The zero-order valence-electron chi connectivity index (χ0n) is 12.2. The van der Waals surface area contributed by atoms with Crippen molar-refractivity contribution in [2.75, 3.05) is 20.2 Å². The van der Waals surface area contributed by atoms with E-state index < -0.39 is 4.92 Å². The summed E-state index contributed by atoms with van der Waals surface area (Å²) in [7, 11) is 1.33. The van der Waals surface area contributed by atoms with E-state index in [4.69, 9.17) is 0 Å². The number of carbonyl (C=O) groups is 1. The Morgan fingerprint density at radius 3 is 2.65 bits per heavy atom. The second-order valence-corrected chi connectivity index (χ2v) is 4.50. The molecule has 0 unspecified atom stereocenters. The van der Waals surface area contributed by atoms with Gasteiger partial charge in [-0.3, -0.25) is 24.8 Å². The second-order valence-electron chi connectivity index (χ2n) is 4.50. The van der Waals surface area contributed by atoms with Crippen molar-refractivity contribution in [1.29, 1.82) is 0 Å². The fourth-order valence-electron chi connectivity index (χ4n) is 1.94. The van der Waals surface area contributed by atoms with Crippen LogP contribution < -0.4 is 0 Å². The smallest absolute Gasteiger partial charge is 0.319 e. The number of aromatic nitrogens is 1. The molecule has 0 N–H and O–H groups in total. The van der Waals surface area contributed by atoms with Gasteiger partial charge in [0.25, 0.3) is 5.69 Å². The highest BCUT2D eigenvalue weighted by Gasteiger charge is 2.20. The molecule has 7 heteroatoms. The minimum absolute atomic E-state index is 0.0871. The van der Waals surface area contributed by atoms with E-state index in [-0.39, 0.29) is 18.2 Å². The standard InChI is InChI=1S/C13H19N3O4/c1-5-15(8-12(17)20-4)7-11-10(3)13(16(18)19)9(2)6-14-11/h6H,5,7-8H2,1-4H3. The Morgan fingerprint density at radius 1 is 1.50 bits per heavy atom. The fourth-order valence-corrected chi connectivity index (χ4v) is 1.94. The van der Waals surface area contributed by atoms with Crippen molar-refractivity contribution in [3.63, 3.8) is 0 Å². The highest BCUT2D eigenvalue weighted by atomic mass is 16.6. The number of rotatable bonds is 6. The summed E-state index contributed by atoms with van der Waals surface area (Å²) in [6.07, 6.45) is 1.49. The largest absolute Gasteiger partial charge is 0.468 e. The first-order chi connectivity index (χ1) is 9.40. The lowest BCUT2D eigenvalue weighted by atomic mass is 10.1. The third kappa shape index (κ3) is 3.74. The Kier molecular flexibility index (Phi) is 5.57. The minimum atomic E-state index is -0.396. The number of hydrogen-bond donors (Lipinski definition) is 0. The summed E-state index contributed by atoms with van der Waals surface area (Å²) in [6.45, 7) is 6.38. The van der Waals surface area contributed by atoms with Gasteiger partial charge in [-0.05, 0) is 20.4 Å². The number of methoxy groups -OCH3 is 1. The van der Waals surface area contributed by atoms with Gasteiger partial charge in [0.15, 0.2) is 0 Å². The third-order valence-corrected chi connectivity index (χ3v) is 3.16.